The molecular formula is C18H20BrNO2. The lowest BCUT2D eigenvalue weighted by atomic mass is 9.86. The molecule has 0 aromatic heterocycles. The largest absolute Gasteiger partial charge is 0.483 e. The minimum absolute atomic E-state index is 0.0108. The van der Waals surface area contributed by atoms with Gasteiger partial charge in [-0.3, -0.25) is 4.79 Å². The fourth-order valence-electron chi connectivity index (χ4n) is 2.09. The maximum atomic E-state index is 12.0. The van der Waals surface area contributed by atoms with Crippen molar-refractivity contribution in [1.29, 1.82) is 0 Å². The lowest BCUT2D eigenvalue weighted by molar-refractivity contribution is -0.118. The number of ether oxygens (including phenoxy) is 1. The number of benzene rings is 2. The van der Waals surface area contributed by atoms with Crippen molar-refractivity contribution in [3.8, 4) is 5.75 Å². The van der Waals surface area contributed by atoms with Gasteiger partial charge in [-0.2, -0.15) is 0 Å². The second kappa shape index (κ2) is 6.97. The van der Waals surface area contributed by atoms with Gasteiger partial charge in [0.05, 0.1) is 0 Å². The van der Waals surface area contributed by atoms with Gasteiger partial charge in [-0.1, -0.05) is 54.9 Å². The summed E-state index contributed by atoms with van der Waals surface area (Å²) in [6.45, 7) is 6.36. The number of carbonyl (C=O) groups is 1. The zero-order chi connectivity index (χ0) is 16.2. The van der Waals surface area contributed by atoms with Gasteiger partial charge in [-0.05, 0) is 41.3 Å². The van der Waals surface area contributed by atoms with Crippen LogP contribution in [0.4, 0.5) is 5.69 Å². The SMILES string of the molecule is CC(C)(C)c1ccccc1OCC(=O)Nc1ccc(Br)cc1. The number of nitrogens with one attached hydrogen (secondary N) is 1. The highest BCUT2D eigenvalue weighted by Gasteiger charge is 2.18. The highest BCUT2D eigenvalue weighted by Crippen LogP contribution is 2.30. The Morgan fingerprint density at radius 2 is 1.73 bits per heavy atom. The Kier molecular flexibility index (Phi) is 5.24. The number of para-hydroxylation sites is 1. The van der Waals surface area contributed by atoms with Crippen molar-refractivity contribution in [2.24, 2.45) is 0 Å². The smallest absolute Gasteiger partial charge is 0.262 e. The van der Waals surface area contributed by atoms with Gasteiger partial charge in [0.25, 0.3) is 5.91 Å². The van der Waals surface area contributed by atoms with Gasteiger partial charge in [0, 0.05) is 10.2 Å². The van der Waals surface area contributed by atoms with Crippen LogP contribution in [0.5, 0.6) is 5.75 Å². The minimum atomic E-state index is -0.175. The fraction of sp³-hybridized carbons (Fsp3) is 0.278. The molecule has 0 saturated carbocycles. The molecule has 2 rings (SSSR count). The van der Waals surface area contributed by atoms with Crippen molar-refractivity contribution >= 4 is 27.5 Å². The predicted molar refractivity (Wildman–Crippen MR) is 93.4 cm³/mol. The molecule has 1 amide bonds. The van der Waals surface area contributed by atoms with Crippen molar-refractivity contribution < 1.29 is 9.53 Å². The Hall–Kier alpha value is -1.81. The van der Waals surface area contributed by atoms with Crippen LogP contribution in [-0.2, 0) is 10.2 Å². The van der Waals surface area contributed by atoms with E-state index in [4.69, 9.17) is 4.74 Å². The summed E-state index contributed by atoms with van der Waals surface area (Å²) in [4.78, 5) is 12.0. The van der Waals surface area contributed by atoms with E-state index in [1.54, 1.807) is 0 Å². The van der Waals surface area contributed by atoms with Crippen molar-refractivity contribution in [2.75, 3.05) is 11.9 Å². The monoisotopic (exact) mass is 361 g/mol. The van der Waals surface area contributed by atoms with Gasteiger partial charge in [0.2, 0.25) is 0 Å². The van der Waals surface area contributed by atoms with Crippen LogP contribution in [0.3, 0.4) is 0 Å². The summed E-state index contributed by atoms with van der Waals surface area (Å²) < 4.78 is 6.67. The molecule has 3 nitrogen and oxygen atoms in total. The molecule has 0 unspecified atom stereocenters. The second-order valence-corrected chi connectivity index (χ2v) is 7.01. The van der Waals surface area contributed by atoms with E-state index in [9.17, 15) is 4.79 Å². The van der Waals surface area contributed by atoms with Gasteiger partial charge < -0.3 is 10.1 Å². The van der Waals surface area contributed by atoms with Crippen LogP contribution >= 0.6 is 15.9 Å². The van der Waals surface area contributed by atoms with Gasteiger partial charge in [0.15, 0.2) is 6.61 Å². The Labute approximate surface area is 139 Å². The third-order valence-electron chi connectivity index (χ3n) is 3.18. The maximum absolute atomic E-state index is 12.0. The molecule has 4 heteroatoms. The maximum Gasteiger partial charge on any atom is 0.262 e. The van der Waals surface area contributed by atoms with Crippen LogP contribution in [-0.4, -0.2) is 12.5 Å². The number of carbonyl (C=O) groups excluding carboxylic acids is 1. The number of anilines is 1. The third kappa shape index (κ3) is 4.60. The van der Waals surface area contributed by atoms with Gasteiger partial charge >= 0.3 is 0 Å². The van der Waals surface area contributed by atoms with Crippen LogP contribution in [0, 0.1) is 0 Å². The molecular weight excluding hydrogens is 342 g/mol. The van der Waals surface area contributed by atoms with E-state index < -0.39 is 0 Å². The Morgan fingerprint density at radius 3 is 2.36 bits per heavy atom. The molecule has 0 aliphatic carbocycles. The molecule has 0 spiro atoms. The third-order valence-corrected chi connectivity index (χ3v) is 3.71. The molecule has 0 aliphatic heterocycles. The van der Waals surface area contributed by atoms with E-state index >= 15 is 0 Å². The predicted octanol–water partition coefficient (Wildman–Crippen LogP) is 4.76. The summed E-state index contributed by atoms with van der Waals surface area (Å²) in [5, 5.41) is 2.81. The standard InChI is InChI=1S/C18H20BrNO2/c1-18(2,3)15-6-4-5-7-16(15)22-12-17(21)20-14-10-8-13(19)9-11-14/h4-11H,12H2,1-3H3,(H,20,21). The molecule has 1 N–H and O–H groups in total. The van der Waals surface area contributed by atoms with Crippen LogP contribution < -0.4 is 10.1 Å². The van der Waals surface area contributed by atoms with E-state index in [0.717, 1.165) is 21.5 Å². The summed E-state index contributed by atoms with van der Waals surface area (Å²) in [6, 6.07) is 15.3. The molecule has 0 fully saturated rings. The number of hydrogen-bond acceptors (Lipinski definition) is 2. The molecule has 116 valence electrons. The molecule has 0 atom stereocenters. The first-order chi connectivity index (χ1) is 10.4. The highest BCUT2D eigenvalue weighted by atomic mass is 79.9. The molecule has 0 aliphatic rings. The number of rotatable bonds is 4. The molecule has 0 heterocycles. The van der Waals surface area contributed by atoms with E-state index in [0.29, 0.717) is 0 Å². The summed E-state index contributed by atoms with van der Waals surface area (Å²) in [5.74, 6) is 0.576. The van der Waals surface area contributed by atoms with Crippen LogP contribution in [0.25, 0.3) is 0 Å². The molecule has 2 aromatic carbocycles. The van der Waals surface area contributed by atoms with Gasteiger partial charge in [0.1, 0.15) is 5.75 Å². The zero-order valence-electron chi connectivity index (χ0n) is 13.0. The first-order valence-electron chi connectivity index (χ1n) is 7.14. The van der Waals surface area contributed by atoms with Gasteiger partial charge in [-0.25, -0.2) is 0 Å². The van der Waals surface area contributed by atoms with Crippen molar-refractivity contribution in [1.82, 2.24) is 0 Å². The fourth-order valence-corrected chi connectivity index (χ4v) is 2.35. The minimum Gasteiger partial charge on any atom is -0.483 e. The Morgan fingerprint density at radius 1 is 1.09 bits per heavy atom. The first-order valence-corrected chi connectivity index (χ1v) is 7.93. The second-order valence-electron chi connectivity index (χ2n) is 6.09. The molecule has 0 saturated heterocycles. The van der Waals surface area contributed by atoms with Crippen molar-refractivity contribution in [3.63, 3.8) is 0 Å². The first kappa shape index (κ1) is 16.6. The number of hydrogen-bond donors (Lipinski definition) is 1. The zero-order valence-corrected chi connectivity index (χ0v) is 14.6. The van der Waals surface area contributed by atoms with E-state index in [-0.39, 0.29) is 17.9 Å². The van der Waals surface area contributed by atoms with Crippen LogP contribution in [0.15, 0.2) is 53.0 Å². The highest BCUT2D eigenvalue weighted by molar-refractivity contribution is 9.10. The van der Waals surface area contributed by atoms with E-state index in [2.05, 4.69) is 42.0 Å². The average molecular weight is 362 g/mol. The number of amides is 1. The average Bonchev–Trinajstić information content (AvgIpc) is 2.47. The molecule has 22 heavy (non-hydrogen) atoms. The van der Waals surface area contributed by atoms with Crippen molar-refractivity contribution in [2.45, 2.75) is 26.2 Å². The quantitative estimate of drug-likeness (QED) is 0.851. The molecule has 2 aromatic rings. The van der Waals surface area contributed by atoms with E-state index in [1.165, 1.54) is 0 Å². The Balaban J connectivity index is 1.98. The van der Waals surface area contributed by atoms with E-state index in [1.807, 2.05) is 48.5 Å². The van der Waals surface area contributed by atoms with Crippen LogP contribution in [0.2, 0.25) is 0 Å². The summed E-state index contributed by atoms with van der Waals surface area (Å²) in [7, 11) is 0. The topological polar surface area (TPSA) is 38.3 Å². The van der Waals surface area contributed by atoms with Crippen LogP contribution in [0.1, 0.15) is 26.3 Å². The summed E-state index contributed by atoms with van der Waals surface area (Å²) in [5.41, 5.74) is 1.81. The number of halogens is 1. The Bertz CT molecular complexity index is 645. The van der Waals surface area contributed by atoms with Gasteiger partial charge in [-0.15, -0.1) is 0 Å². The molecule has 0 bridgehead atoms. The van der Waals surface area contributed by atoms with Crippen molar-refractivity contribution in [3.05, 3.63) is 58.6 Å². The normalized spacial score (nSPS) is 11.1. The lowest BCUT2D eigenvalue weighted by Gasteiger charge is -2.22. The summed E-state index contributed by atoms with van der Waals surface area (Å²) >= 11 is 3.36. The lowest BCUT2D eigenvalue weighted by Crippen LogP contribution is -2.21. The summed E-state index contributed by atoms with van der Waals surface area (Å²) in [6.07, 6.45) is 0. The molecule has 0 radical (unpaired) electrons.